The van der Waals surface area contributed by atoms with Gasteiger partial charge in [-0.25, -0.2) is 8.78 Å². The summed E-state index contributed by atoms with van der Waals surface area (Å²) in [5.74, 6) is -2.40. The lowest BCUT2D eigenvalue weighted by molar-refractivity contribution is -0.118. The highest BCUT2D eigenvalue weighted by Crippen LogP contribution is 2.13. The van der Waals surface area contributed by atoms with Gasteiger partial charge in [0.1, 0.15) is 0 Å². The van der Waals surface area contributed by atoms with Crippen molar-refractivity contribution >= 4 is 11.6 Å². The number of amides is 1. The van der Waals surface area contributed by atoms with E-state index in [0.29, 0.717) is 0 Å². The zero-order chi connectivity index (χ0) is 12.3. The van der Waals surface area contributed by atoms with Crippen LogP contribution in [-0.2, 0) is 4.79 Å². The molecule has 88 valence electrons. The average Bonchev–Trinajstić information content (AvgIpc) is 2.22. The van der Waals surface area contributed by atoms with E-state index in [1.54, 1.807) is 13.8 Å². The molecule has 0 saturated heterocycles. The van der Waals surface area contributed by atoms with Crippen molar-refractivity contribution in [2.24, 2.45) is 11.7 Å². The zero-order valence-corrected chi connectivity index (χ0v) is 9.13. The summed E-state index contributed by atoms with van der Waals surface area (Å²) in [4.78, 5) is 11.5. The van der Waals surface area contributed by atoms with Crippen LogP contribution in [0.2, 0.25) is 0 Å². The summed E-state index contributed by atoms with van der Waals surface area (Å²) in [6.45, 7) is 3.60. The van der Waals surface area contributed by atoms with Gasteiger partial charge in [-0.2, -0.15) is 0 Å². The van der Waals surface area contributed by atoms with Gasteiger partial charge in [-0.15, -0.1) is 0 Å². The predicted molar refractivity (Wildman–Crippen MR) is 57.8 cm³/mol. The first-order chi connectivity index (χ1) is 7.41. The number of anilines is 1. The fraction of sp³-hybridized carbons (Fsp3) is 0.364. The van der Waals surface area contributed by atoms with Gasteiger partial charge in [0.25, 0.3) is 0 Å². The molecule has 5 heteroatoms. The normalized spacial score (nSPS) is 12.6. The molecular weight excluding hydrogens is 214 g/mol. The first-order valence-electron chi connectivity index (χ1n) is 4.93. The van der Waals surface area contributed by atoms with E-state index in [1.807, 2.05) is 0 Å². The van der Waals surface area contributed by atoms with Crippen molar-refractivity contribution in [1.29, 1.82) is 0 Å². The molecule has 0 unspecified atom stereocenters. The van der Waals surface area contributed by atoms with E-state index in [4.69, 9.17) is 5.73 Å². The van der Waals surface area contributed by atoms with Gasteiger partial charge in [0, 0.05) is 11.8 Å². The van der Waals surface area contributed by atoms with Gasteiger partial charge in [-0.1, -0.05) is 13.8 Å². The first kappa shape index (κ1) is 12.6. The maximum absolute atomic E-state index is 12.8. The molecule has 1 atom stereocenters. The lowest BCUT2D eigenvalue weighted by atomic mass is 10.0. The van der Waals surface area contributed by atoms with E-state index < -0.39 is 23.6 Å². The van der Waals surface area contributed by atoms with Crippen LogP contribution in [0.15, 0.2) is 18.2 Å². The SMILES string of the molecule is CC(C)[C@@H](N)C(=O)Nc1ccc(F)c(F)c1. The van der Waals surface area contributed by atoms with Crippen molar-refractivity contribution in [3.8, 4) is 0 Å². The minimum atomic E-state index is -1.00. The Morgan fingerprint density at radius 3 is 2.44 bits per heavy atom. The molecule has 0 bridgehead atoms. The molecule has 3 N–H and O–H groups in total. The fourth-order valence-corrected chi connectivity index (χ4v) is 1.10. The number of carbonyl (C=O) groups excluding carboxylic acids is 1. The standard InChI is InChI=1S/C11H14F2N2O/c1-6(2)10(14)11(16)15-7-3-4-8(12)9(13)5-7/h3-6,10H,14H2,1-2H3,(H,15,16)/t10-/m1/s1. The number of nitrogens with two attached hydrogens (primary N) is 1. The molecule has 0 aromatic heterocycles. The summed E-state index contributed by atoms with van der Waals surface area (Å²) in [6, 6.07) is 2.48. The van der Waals surface area contributed by atoms with Gasteiger partial charge in [-0.05, 0) is 18.1 Å². The van der Waals surface area contributed by atoms with Crippen molar-refractivity contribution in [3.05, 3.63) is 29.8 Å². The molecule has 0 saturated carbocycles. The predicted octanol–water partition coefficient (Wildman–Crippen LogP) is 1.89. The summed E-state index contributed by atoms with van der Waals surface area (Å²) in [5.41, 5.74) is 5.79. The number of benzene rings is 1. The highest BCUT2D eigenvalue weighted by molar-refractivity contribution is 5.94. The van der Waals surface area contributed by atoms with Crippen molar-refractivity contribution in [1.82, 2.24) is 0 Å². The van der Waals surface area contributed by atoms with E-state index in [1.165, 1.54) is 6.07 Å². The summed E-state index contributed by atoms with van der Waals surface area (Å²) in [7, 11) is 0. The van der Waals surface area contributed by atoms with E-state index >= 15 is 0 Å². The number of nitrogens with one attached hydrogen (secondary N) is 1. The van der Waals surface area contributed by atoms with Crippen LogP contribution in [0, 0.1) is 17.6 Å². The smallest absolute Gasteiger partial charge is 0.241 e. The first-order valence-corrected chi connectivity index (χ1v) is 4.93. The maximum atomic E-state index is 12.8. The Kier molecular flexibility index (Phi) is 3.95. The molecule has 0 aliphatic heterocycles. The number of carbonyl (C=O) groups is 1. The Morgan fingerprint density at radius 1 is 1.31 bits per heavy atom. The minimum Gasteiger partial charge on any atom is -0.325 e. The number of hydrogen-bond acceptors (Lipinski definition) is 2. The summed E-state index contributed by atoms with van der Waals surface area (Å²) >= 11 is 0. The molecule has 0 spiro atoms. The molecule has 0 fully saturated rings. The van der Waals surface area contributed by atoms with Crippen LogP contribution in [0.5, 0.6) is 0 Å². The van der Waals surface area contributed by atoms with E-state index in [9.17, 15) is 13.6 Å². The van der Waals surface area contributed by atoms with E-state index in [0.717, 1.165) is 12.1 Å². The van der Waals surface area contributed by atoms with Crippen molar-refractivity contribution in [3.63, 3.8) is 0 Å². The van der Waals surface area contributed by atoms with Gasteiger partial charge in [-0.3, -0.25) is 4.79 Å². The average molecular weight is 228 g/mol. The molecule has 1 amide bonds. The second kappa shape index (κ2) is 5.03. The number of halogens is 2. The zero-order valence-electron chi connectivity index (χ0n) is 9.13. The highest BCUT2D eigenvalue weighted by Gasteiger charge is 2.17. The molecule has 3 nitrogen and oxygen atoms in total. The molecule has 0 aliphatic rings. The number of hydrogen-bond donors (Lipinski definition) is 2. The molecule has 1 aromatic carbocycles. The van der Waals surface area contributed by atoms with Crippen LogP contribution < -0.4 is 11.1 Å². The van der Waals surface area contributed by atoms with Crippen LogP contribution in [0.25, 0.3) is 0 Å². The van der Waals surface area contributed by atoms with Gasteiger partial charge < -0.3 is 11.1 Å². The Balaban J connectivity index is 2.74. The van der Waals surface area contributed by atoms with Gasteiger partial charge in [0.05, 0.1) is 6.04 Å². The largest absolute Gasteiger partial charge is 0.325 e. The topological polar surface area (TPSA) is 55.1 Å². The third kappa shape index (κ3) is 3.00. The van der Waals surface area contributed by atoms with Crippen molar-refractivity contribution in [2.45, 2.75) is 19.9 Å². The van der Waals surface area contributed by atoms with Crippen molar-refractivity contribution in [2.75, 3.05) is 5.32 Å². The van der Waals surface area contributed by atoms with Crippen LogP contribution in [-0.4, -0.2) is 11.9 Å². The Morgan fingerprint density at radius 2 is 1.94 bits per heavy atom. The summed E-state index contributed by atoms with van der Waals surface area (Å²) < 4.78 is 25.4. The second-order valence-corrected chi connectivity index (χ2v) is 3.89. The third-order valence-corrected chi connectivity index (χ3v) is 2.21. The molecule has 1 aromatic rings. The van der Waals surface area contributed by atoms with Gasteiger partial charge in [0.15, 0.2) is 11.6 Å². The molecular formula is C11H14F2N2O. The molecule has 0 heterocycles. The lowest BCUT2D eigenvalue weighted by Gasteiger charge is -2.15. The van der Waals surface area contributed by atoms with Crippen LogP contribution in [0.1, 0.15) is 13.8 Å². The van der Waals surface area contributed by atoms with E-state index in [2.05, 4.69) is 5.32 Å². The van der Waals surface area contributed by atoms with Crippen LogP contribution in [0.4, 0.5) is 14.5 Å². The van der Waals surface area contributed by atoms with Crippen LogP contribution >= 0.6 is 0 Å². The van der Waals surface area contributed by atoms with E-state index in [-0.39, 0.29) is 11.6 Å². The molecule has 0 aliphatic carbocycles. The lowest BCUT2D eigenvalue weighted by Crippen LogP contribution is -2.39. The van der Waals surface area contributed by atoms with Gasteiger partial charge >= 0.3 is 0 Å². The Bertz CT molecular complexity index is 394. The second-order valence-electron chi connectivity index (χ2n) is 3.89. The maximum Gasteiger partial charge on any atom is 0.241 e. The van der Waals surface area contributed by atoms with Crippen molar-refractivity contribution < 1.29 is 13.6 Å². The minimum absolute atomic E-state index is 0.0229. The summed E-state index contributed by atoms with van der Waals surface area (Å²) in [5, 5.41) is 2.42. The summed E-state index contributed by atoms with van der Waals surface area (Å²) in [6.07, 6.45) is 0. The van der Waals surface area contributed by atoms with Crippen LogP contribution in [0.3, 0.4) is 0 Å². The Hall–Kier alpha value is -1.49. The molecule has 16 heavy (non-hydrogen) atoms. The van der Waals surface area contributed by atoms with Gasteiger partial charge in [0.2, 0.25) is 5.91 Å². The third-order valence-electron chi connectivity index (χ3n) is 2.21. The fourth-order valence-electron chi connectivity index (χ4n) is 1.10. The molecule has 1 rings (SSSR count). The number of rotatable bonds is 3. The monoisotopic (exact) mass is 228 g/mol. The quantitative estimate of drug-likeness (QED) is 0.830. The Labute approximate surface area is 92.6 Å². The molecule has 0 radical (unpaired) electrons. The highest BCUT2D eigenvalue weighted by atomic mass is 19.2.